The zero-order chi connectivity index (χ0) is 28.3. The molecule has 0 radical (unpaired) electrons. The van der Waals surface area contributed by atoms with Gasteiger partial charge in [-0.05, 0) is 57.0 Å². The van der Waals surface area contributed by atoms with E-state index >= 15 is 0 Å². The van der Waals surface area contributed by atoms with Gasteiger partial charge in [0, 0.05) is 17.4 Å². The Balaban J connectivity index is 1.16. The summed E-state index contributed by atoms with van der Waals surface area (Å²) >= 11 is 1.52. The van der Waals surface area contributed by atoms with Gasteiger partial charge in [-0.15, -0.1) is 0 Å². The van der Waals surface area contributed by atoms with Crippen LogP contribution in [0.3, 0.4) is 0 Å². The number of nitrogens with one attached hydrogen (secondary N) is 2. The Morgan fingerprint density at radius 1 is 1.00 bits per heavy atom. The summed E-state index contributed by atoms with van der Waals surface area (Å²) < 4.78 is 17.4. The lowest BCUT2D eigenvalue weighted by molar-refractivity contribution is -0.247. The zero-order valence-corrected chi connectivity index (χ0v) is 23.3. The minimum Gasteiger partial charge on any atom is -0.384 e. The number of aliphatic hydroxyl groups excluding tert-OH is 1. The van der Waals surface area contributed by atoms with Gasteiger partial charge in [-0.1, -0.05) is 18.2 Å². The molecule has 0 spiro atoms. The van der Waals surface area contributed by atoms with Gasteiger partial charge < -0.3 is 35.1 Å². The molecular formula is C28H32N4O7S. The van der Waals surface area contributed by atoms with Crippen LogP contribution in [0, 0.1) is 5.92 Å². The Hall–Kier alpha value is -2.87. The fraction of sp³-hybridized carbons (Fsp3) is 0.500. The van der Waals surface area contributed by atoms with Crippen LogP contribution in [0.2, 0.25) is 0 Å². The maximum Gasteiger partial charge on any atom is 0.278 e. The third-order valence-electron chi connectivity index (χ3n) is 7.81. The number of hydrogen-bond acceptors (Lipinski definition) is 10. The van der Waals surface area contributed by atoms with Crippen molar-refractivity contribution < 1.29 is 34.0 Å². The molecule has 40 heavy (non-hydrogen) atoms. The SMILES string of the molecule is CC1(C)OC[C@@](C)([C@H](O)[C@@]23NC(=O)[C@@](O)(NC2=O)C(CSCc2ccc4nc5ccccc5nc4c2)CCO3)O1. The average molecular weight is 569 g/mol. The Bertz CT molecular complexity index is 1500. The molecular weight excluding hydrogens is 536 g/mol. The molecule has 3 aromatic rings. The molecule has 212 valence electrons. The van der Waals surface area contributed by atoms with Crippen LogP contribution in [0.4, 0.5) is 0 Å². The molecule has 4 N–H and O–H groups in total. The fourth-order valence-electron chi connectivity index (χ4n) is 5.66. The third-order valence-corrected chi connectivity index (χ3v) is 8.99. The molecule has 11 nitrogen and oxygen atoms in total. The van der Waals surface area contributed by atoms with Crippen molar-refractivity contribution in [2.45, 2.75) is 61.9 Å². The second-order valence-electron chi connectivity index (χ2n) is 11.3. The summed E-state index contributed by atoms with van der Waals surface area (Å²) in [5.41, 5.74) is -1.35. The molecule has 7 rings (SSSR count). The number of benzene rings is 2. The molecule has 2 amide bonds. The molecule has 4 fully saturated rings. The predicted molar refractivity (Wildman–Crippen MR) is 147 cm³/mol. The normalized spacial score (nSPS) is 32.5. The van der Waals surface area contributed by atoms with Crippen molar-refractivity contribution in [3.05, 3.63) is 48.0 Å². The summed E-state index contributed by atoms with van der Waals surface area (Å²) in [4.78, 5) is 36.0. The van der Waals surface area contributed by atoms with Gasteiger partial charge in [0.05, 0.1) is 35.3 Å². The molecule has 1 unspecified atom stereocenters. The van der Waals surface area contributed by atoms with E-state index in [4.69, 9.17) is 19.2 Å². The summed E-state index contributed by atoms with van der Waals surface area (Å²) in [5.74, 6) is -2.34. The maximum absolute atomic E-state index is 13.4. The number of rotatable bonds is 6. The number of thioether (sulfide) groups is 1. The second-order valence-corrected chi connectivity index (χ2v) is 12.3. The number of amides is 2. The standard InChI is InChI=1S/C28H32N4O7S/c1-25(2)38-15-26(3,39-25)22(33)28-24(35)31-27(36,23(34)32-28)17(10-11-37-28)14-40-13-16-8-9-20-21(12-16)30-19-7-5-4-6-18(19)29-20/h4-9,12,17,22,33,36H,10-11,13-15H2,1-3H3,(H,31,35)(H,32,34)/t17?,22-,26-,27+,28-/m0/s1. The van der Waals surface area contributed by atoms with Gasteiger partial charge in [0.2, 0.25) is 5.72 Å². The number of ether oxygens (including phenoxy) is 3. The van der Waals surface area contributed by atoms with Crippen LogP contribution in [-0.2, 0) is 29.6 Å². The smallest absolute Gasteiger partial charge is 0.278 e. The predicted octanol–water partition coefficient (Wildman–Crippen LogP) is 1.59. The lowest BCUT2D eigenvalue weighted by atomic mass is 9.83. The molecule has 12 heteroatoms. The number of aromatic nitrogens is 2. The molecule has 5 heterocycles. The highest BCUT2D eigenvalue weighted by molar-refractivity contribution is 7.98. The number of hydrogen-bond donors (Lipinski definition) is 4. The first-order chi connectivity index (χ1) is 18.9. The first-order valence-corrected chi connectivity index (χ1v) is 14.4. The lowest BCUT2D eigenvalue weighted by Crippen LogP contribution is -2.83. The van der Waals surface area contributed by atoms with Crippen molar-refractivity contribution in [2.24, 2.45) is 5.92 Å². The van der Waals surface area contributed by atoms with E-state index in [1.807, 2.05) is 42.5 Å². The van der Waals surface area contributed by atoms with Crippen molar-refractivity contribution in [2.75, 3.05) is 19.0 Å². The average Bonchev–Trinajstić information content (AvgIpc) is 3.21. The molecule has 4 aliphatic rings. The molecule has 5 atom stereocenters. The van der Waals surface area contributed by atoms with Gasteiger partial charge in [0.1, 0.15) is 11.7 Å². The molecule has 4 aliphatic heterocycles. The largest absolute Gasteiger partial charge is 0.384 e. The van der Waals surface area contributed by atoms with E-state index in [1.54, 1.807) is 20.8 Å². The topological polar surface area (TPSA) is 152 Å². The summed E-state index contributed by atoms with van der Waals surface area (Å²) in [6, 6.07) is 13.6. The molecule has 2 bridgehead atoms. The van der Waals surface area contributed by atoms with E-state index in [0.717, 1.165) is 27.6 Å². The van der Waals surface area contributed by atoms with E-state index in [1.165, 1.54) is 11.8 Å². The molecule has 2 aromatic carbocycles. The maximum atomic E-state index is 13.4. The molecule has 4 saturated heterocycles. The van der Waals surface area contributed by atoms with Crippen LogP contribution in [0.15, 0.2) is 42.5 Å². The number of aliphatic hydroxyl groups is 2. The second kappa shape index (κ2) is 9.61. The van der Waals surface area contributed by atoms with Crippen LogP contribution < -0.4 is 10.6 Å². The van der Waals surface area contributed by atoms with Gasteiger partial charge in [-0.25, -0.2) is 9.97 Å². The zero-order valence-electron chi connectivity index (χ0n) is 22.5. The van der Waals surface area contributed by atoms with Crippen LogP contribution in [0.5, 0.6) is 0 Å². The number of fused-ring (bicyclic) bond motifs is 7. The highest BCUT2D eigenvalue weighted by Crippen LogP contribution is 2.40. The lowest BCUT2D eigenvalue weighted by Gasteiger charge is -2.51. The Kier molecular flexibility index (Phi) is 6.56. The van der Waals surface area contributed by atoms with E-state index < -0.39 is 46.7 Å². The Labute approximate surface area is 235 Å². The van der Waals surface area contributed by atoms with Crippen LogP contribution in [0.25, 0.3) is 22.1 Å². The van der Waals surface area contributed by atoms with Crippen LogP contribution >= 0.6 is 11.8 Å². The number of carbonyl (C=O) groups excluding carboxylic acids is 2. The molecule has 0 aliphatic carbocycles. The summed E-state index contributed by atoms with van der Waals surface area (Å²) in [6.07, 6.45) is -1.32. The summed E-state index contributed by atoms with van der Waals surface area (Å²) in [6.45, 7) is 4.97. The van der Waals surface area contributed by atoms with E-state index in [2.05, 4.69) is 15.6 Å². The highest BCUT2D eigenvalue weighted by atomic mass is 32.2. The summed E-state index contributed by atoms with van der Waals surface area (Å²) in [5, 5.41) is 27.6. The number of carbonyl (C=O) groups is 2. The number of para-hydroxylation sites is 2. The molecule has 0 saturated carbocycles. The van der Waals surface area contributed by atoms with Crippen molar-refractivity contribution >= 4 is 45.6 Å². The quantitative estimate of drug-likeness (QED) is 0.323. The van der Waals surface area contributed by atoms with Crippen molar-refractivity contribution in [1.82, 2.24) is 20.6 Å². The first-order valence-electron chi connectivity index (χ1n) is 13.2. The van der Waals surface area contributed by atoms with E-state index in [-0.39, 0.29) is 19.6 Å². The monoisotopic (exact) mass is 568 g/mol. The van der Waals surface area contributed by atoms with Gasteiger partial charge in [-0.3, -0.25) is 9.59 Å². The minimum absolute atomic E-state index is 0.0183. The third kappa shape index (κ3) is 4.52. The minimum atomic E-state index is -2.15. The van der Waals surface area contributed by atoms with E-state index in [0.29, 0.717) is 11.5 Å². The molecule has 1 aromatic heterocycles. The van der Waals surface area contributed by atoms with Crippen LogP contribution in [-0.4, -0.2) is 79.9 Å². The van der Waals surface area contributed by atoms with E-state index in [9.17, 15) is 19.8 Å². The number of piperazine rings is 1. The van der Waals surface area contributed by atoms with Gasteiger partial charge in [-0.2, -0.15) is 11.8 Å². The van der Waals surface area contributed by atoms with Gasteiger partial charge in [0.15, 0.2) is 5.79 Å². The highest BCUT2D eigenvalue weighted by Gasteiger charge is 2.66. The van der Waals surface area contributed by atoms with Crippen molar-refractivity contribution in [1.29, 1.82) is 0 Å². The van der Waals surface area contributed by atoms with Crippen LogP contribution in [0.1, 0.15) is 32.8 Å². The van der Waals surface area contributed by atoms with Crippen molar-refractivity contribution in [3.8, 4) is 0 Å². The Morgan fingerprint density at radius 2 is 1.70 bits per heavy atom. The summed E-state index contributed by atoms with van der Waals surface area (Å²) in [7, 11) is 0. The Morgan fingerprint density at radius 3 is 2.40 bits per heavy atom. The van der Waals surface area contributed by atoms with Crippen molar-refractivity contribution in [3.63, 3.8) is 0 Å². The first kappa shape index (κ1) is 27.3. The fourth-order valence-corrected chi connectivity index (χ4v) is 6.88. The van der Waals surface area contributed by atoms with Gasteiger partial charge >= 0.3 is 0 Å². The van der Waals surface area contributed by atoms with Gasteiger partial charge in [0.25, 0.3) is 17.5 Å². The number of nitrogens with zero attached hydrogens (tertiary/aromatic N) is 2.